The van der Waals surface area contributed by atoms with E-state index in [-0.39, 0.29) is 24.3 Å². The summed E-state index contributed by atoms with van der Waals surface area (Å²) in [6.07, 6.45) is 9.06. The number of aliphatic hydroxyl groups is 1. The topological polar surface area (TPSA) is 93.6 Å². The molecule has 45 heavy (non-hydrogen) atoms. The highest BCUT2D eigenvalue weighted by molar-refractivity contribution is 6.05. The minimum atomic E-state index is -1.26. The Labute approximate surface area is 265 Å². The van der Waals surface area contributed by atoms with E-state index in [1.807, 2.05) is 78.9 Å². The van der Waals surface area contributed by atoms with Gasteiger partial charge in [0.05, 0.1) is 17.9 Å². The highest BCUT2D eigenvalue weighted by Crippen LogP contribution is 2.53. The van der Waals surface area contributed by atoms with Crippen molar-refractivity contribution >= 4 is 29.1 Å². The summed E-state index contributed by atoms with van der Waals surface area (Å²) in [5.41, 5.74) is 1.60. The Morgan fingerprint density at radius 1 is 0.889 bits per heavy atom. The average molecular weight is 613 g/mol. The number of aliphatic hydroxyl groups excluding tert-OH is 1. The minimum Gasteiger partial charge on any atom is -0.396 e. The van der Waals surface area contributed by atoms with Gasteiger partial charge in [0.2, 0.25) is 11.8 Å². The van der Waals surface area contributed by atoms with Crippen LogP contribution in [0.1, 0.15) is 38.7 Å². The molecule has 2 aromatic rings. The molecular formula is C36H44N4O5. The van der Waals surface area contributed by atoms with Gasteiger partial charge in [0, 0.05) is 57.3 Å². The Bertz CT molecular complexity index is 1440. The fraction of sp³-hybridized carbons (Fsp3) is 0.472. The van der Waals surface area contributed by atoms with E-state index in [0.29, 0.717) is 39.0 Å². The number of hydrogen-bond donors (Lipinski definition) is 1. The average Bonchev–Trinajstić information content (AvgIpc) is 3.37. The molecule has 2 fully saturated rings. The van der Waals surface area contributed by atoms with E-state index in [9.17, 15) is 19.5 Å². The van der Waals surface area contributed by atoms with Crippen LogP contribution < -0.4 is 9.80 Å². The molecule has 1 N–H and O–H groups in total. The molecule has 0 radical (unpaired) electrons. The lowest BCUT2D eigenvalue weighted by Crippen LogP contribution is -2.55. The Hall–Kier alpha value is -3.95. The number of fused-ring (bicyclic) bond motifs is 2. The van der Waals surface area contributed by atoms with Crippen LogP contribution in [0.4, 0.5) is 11.4 Å². The normalized spacial score (nSPS) is 27.4. The molecule has 0 bridgehead atoms. The molecule has 4 heterocycles. The molecule has 4 aliphatic rings. The molecule has 6 rings (SSSR count). The van der Waals surface area contributed by atoms with Gasteiger partial charge in [-0.1, -0.05) is 54.6 Å². The van der Waals surface area contributed by atoms with Gasteiger partial charge in [-0.15, -0.1) is 0 Å². The van der Waals surface area contributed by atoms with Crippen LogP contribution in [0.5, 0.6) is 0 Å². The minimum absolute atomic E-state index is 0.0772. The van der Waals surface area contributed by atoms with Crippen molar-refractivity contribution in [2.24, 2.45) is 11.8 Å². The van der Waals surface area contributed by atoms with Crippen molar-refractivity contribution < 1.29 is 24.2 Å². The second kappa shape index (κ2) is 13.2. The molecular weight excluding hydrogens is 568 g/mol. The zero-order chi connectivity index (χ0) is 31.6. The monoisotopic (exact) mass is 612 g/mol. The van der Waals surface area contributed by atoms with Gasteiger partial charge in [-0.25, -0.2) is 0 Å². The maximum atomic E-state index is 14.6. The predicted molar refractivity (Wildman–Crippen MR) is 174 cm³/mol. The third-order valence-corrected chi connectivity index (χ3v) is 9.81. The maximum absolute atomic E-state index is 14.6. The zero-order valence-electron chi connectivity index (χ0n) is 26.3. The van der Waals surface area contributed by atoms with Crippen LogP contribution in [0.3, 0.4) is 0 Å². The standard InChI is InChI=1S/C36H44N4O5/c1-3-37(4-2)27-16-18-28(19-17-27)39-23-12-20-36-31(34(43)40(32(36)35(39)44)22-9-6-10-24-41)30-29(45-36)15-11-21-38(33(30)42)25-26-13-7-5-8-14-26/h5,7-8,11-20,29-32,41H,3-4,6,9-10,21-25H2,1-2H3/t29-,30+,31+,32?,36+/m1/s1. The number of benzene rings is 2. The molecule has 3 amide bonds. The summed E-state index contributed by atoms with van der Waals surface area (Å²) >= 11 is 0. The first-order chi connectivity index (χ1) is 21.9. The number of carbonyl (C=O) groups is 3. The van der Waals surface area contributed by atoms with Gasteiger partial charge in [-0.05, 0) is 62.9 Å². The molecule has 2 saturated heterocycles. The molecule has 4 aliphatic heterocycles. The van der Waals surface area contributed by atoms with Crippen LogP contribution in [0, 0.1) is 11.8 Å². The van der Waals surface area contributed by atoms with Crippen LogP contribution in [-0.4, -0.2) is 89.7 Å². The van der Waals surface area contributed by atoms with Crippen LogP contribution >= 0.6 is 0 Å². The molecule has 9 heteroatoms. The SMILES string of the molecule is CCN(CC)c1ccc(N2CC=C[C@]34O[C@@H]5C=CCN(Cc6ccccc6)C(=O)[C@@H]5[C@H]3C(=O)N(CCCCCO)C4C2=O)cc1. The molecule has 2 aromatic carbocycles. The van der Waals surface area contributed by atoms with E-state index in [0.717, 1.165) is 36.4 Å². The zero-order valence-corrected chi connectivity index (χ0v) is 26.3. The molecule has 0 aliphatic carbocycles. The predicted octanol–water partition coefficient (Wildman–Crippen LogP) is 3.78. The fourth-order valence-electron chi connectivity index (χ4n) is 7.61. The Morgan fingerprint density at radius 2 is 1.64 bits per heavy atom. The second-order valence-electron chi connectivity index (χ2n) is 12.3. The van der Waals surface area contributed by atoms with Crippen molar-refractivity contribution in [2.75, 3.05) is 49.1 Å². The van der Waals surface area contributed by atoms with Gasteiger partial charge in [0.15, 0.2) is 0 Å². The molecule has 238 valence electrons. The van der Waals surface area contributed by atoms with E-state index in [1.165, 1.54) is 0 Å². The van der Waals surface area contributed by atoms with Crippen molar-refractivity contribution in [1.29, 1.82) is 0 Å². The first kappa shape index (κ1) is 31.0. The van der Waals surface area contributed by atoms with Crippen molar-refractivity contribution in [1.82, 2.24) is 9.80 Å². The molecule has 5 atom stereocenters. The largest absolute Gasteiger partial charge is 0.396 e. The van der Waals surface area contributed by atoms with Gasteiger partial charge in [-0.3, -0.25) is 14.4 Å². The lowest BCUT2D eigenvalue weighted by molar-refractivity contribution is -0.144. The highest BCUT2D eigenvalue weighted by Gasteiger charge is 2.71. The van der Waals surface area contributed by atoms with Crippen LogP contribution in [0.2, 0.25) is 0 Å². The summed E-state index contributed by atoms with van der Waals surface area (Å²) < 4.78 is 6.79. The first-order valence-electron chi connectivity index (χ1n) is 16.4. The maximum Gasteiger partial charge on any atom is 0.253 e. The number of amides is 3. The number of carbonyl (C=O) groups excluding carboxylic acids is 3. The van der Waals surface area contributed by atoms with Gasteiger partial charge in [0.1, 0.15) is 11.6 Å². The molecule has 0 saturated carbocycles. The molecule has 9 nitrogen and oxygen atoms in total. The third kappa shape index (κ3) is 5.57. The number of hydrogen-bond acceptors (Lipinski definition) is 6. The van der Waals surface area contributed by atoms with E-state index < -0.39 is 29.6 Å². The van der Waals surface area contributed by atoms with Crippen molar-refractivity contribution in [3.05, 3.63) is 84.5 Å². The number of anilines is 2. The second-order valence-corrected chi connectivity index (χ2v) is 12.3. The number of ether oxygens (including phenoxy) is 1. The van der Waals surface area contributed by atoms with Crippen LogP contribution in [0.25, 0.3) is 0 Å². The van der Waals surface area contributed by atoms with Crippen LogP contribution in [0.15, 0.2) is 78.9 Å². The van der Waals surface area contributed by atoms with Crippen molar-refractivity contribution in [3.8, 4) is 0 Å². The van der Waals surface area contributed by atoms with Crippen LogP contribution in [-0.2, 0) is 25.7 Å². The number of likely N-dealkylation sites (tertiary alicyclic amines) is 1. The van der Waals surface area contributed by atoms with Gasteiger partial charge in [0.25, 0.3) is 5.91 Å². The number of rotatable bonds is 11. The smallest absolute Gasteiger partial charge is 0.253 e. The quantitative estimate of drug-likeness (QED) is 0.307. The lowest BCUT2D eigenvalue weighted by Gasteiger charge is -2.35. The Balaban J connectivity index is 1.35. The third-order valence-electron chi connectivity index (χ3n) is 9.81. The number of nitrogens with zero attached hydrogens (tertiary/aromatic N) is 4. The molecule has 1 spiro atoms. The summed E-state index contributed by atoms with van der Waals surface area (Å²) in [4.78, 5) is 50.8. The lowest BCUT2D eigenvalue weighted by atomic mass is 9.77. The highest BCUT2D eigenvalue weighted by atomic mass is 16.5. The first-order valence-corrected chi connectivity index (χ1v) is 16.4. The van der Waals surface area contributed by atoms with Gasteiger partial charge >= 0.3 is 0 Å². The summed E-state index contributed by atoms with van der Waals surface area (Å²) in [6.45, 7) is 7.63. The molecule has 1 unspecified atom stereocenters. The number of unbranched alkanes of at least 4 members (excludes halogenated alkanes) is 2. The van der Waals surface area contributed by atoms with Crippen molar-refractivity contribution in [3.63, 3.8) is 0 Å². The van der Waals surface area contributed by atoms with Gasteiger partial charge < -0.3 is 29.4 Å². The van der Waals surface area contributed by atoms with Crippen molar-refractivity contribution in [2.45, 2.75) is 57.4 Å². The fourth-order valence-corrected chi connectivity index (χ4v) is 7.61. The Kier molecular flexibility index (Phi) is 9.10. The van der Waals surface area contributed by atoms with Gasteiger partial charge in [-0.2, -0.15) is 0 Å². The summed E-state index contributed by atoms with van der Waals surface area (Å²) in [6, 6.07) is 16.9. The summed E-state index contributed by atoms with van der Waals surface area (Å²) in [7, 11) is 0. The summed E-state index contributed by atoms with van der Waals surface area (Å²) in [5.74, 6) is -2.09. The van der Waals surface area contributed by atoms with E-state index in [4.69, 9.17) is 4.74 Å². The van der Waals surface area contributed by atoms with E-state index in [2.05, 4.69) is 18.7 Å². The summed E-state index contributed by atoms with van der Waals surface area (Å²) in [5, 5.41) is 9.35. The van der Waals surface area contributed by atoms with E-state index >= 15 is 0 Å². The Morgan fingerprint density at radius 3 is 2.36 bits per heavy atom. The van der Waals surface area contributed by atoms with E-state index in [1.54, 1.807) is 14.7 Å². The molecule has 0 aromatic heterocycles.